The molecule has 1 aliphatic rings. The van der Waals surface area contributed by atoms with Gasteiger partial charge in [-0.15, -0.1) is 0 Å². The van der Waals surface area contributed by atoms with Gasteiger partial charge in [0.1, 0.15) is 0 Å². The Kier molecular flexibility index (Phi) is 5.65. The van der Waals surface area contributed by atoms with Crippen LogP contribution in [-0.2, 0) is 5.41 Å². The van der Waals surface area contributed by atoms with Crippen LogP contribution in [0.15, 0.2) is 36.4 Å². The summed E-state index contributed by atoms with van der Waals surface area (Å²) in [5.41, 5.74) is 1.75. The van der Waals surface area contributed by atoms with Crippen molar-refractivity contribution in [2.24, 2.45) is 0 Å². The van der Waals surface area contributed by atoms with E-state index in [0.717, 1.165) is 12.8 Å². The van der Waals surface area contributed by atoms with Gasteiger partial charge >= 0.3 is 6.03 Å². The van der Waals surface area contributed by atoms with E-state index in [-0.39, 0.29) is 11.4 Å². The molecule has 0 unspecified atom stereocenters. The number of benzene rings is 2. The van der Waals surface area contributed by atoms with Crippen molar-refractivity contribution in [1.29, 1.82) is 0 Å². The summed E-state index contributed by atoms with van der Waals surface area (Å²) in [4.78, 5) is 12.4. The van der Waals surface area contributed by atoms with Crippen molar-refractivity contribution in [2.45, 2.75) is 18.3 Å². The molecule has 144 valence electrons. The van der Waals surface area contributed by atoms with E-state index >= 15 is 0 Å². The molecule has 0 atom stereocenters. The average Bonchev–Trinajstić information content (AvgIpc) is 3.47. The smallest absolute Gasteiger partial charge is 0.319 e. The Hall–Kier alpha value is -2.60. The molecule has 0 saturated heterocycles. The Morgan fingerprint density at radius 2 is 1.63 bits per heavy atom. The normalized spacial score (nSPS) is 14.2. The number of amides is 2. The molecular formula is C20H23ClN2O4. The Balaban J connectivity index is 1.65. The van der Waals surface area contributed by atoms with Gasteiger partial charge in [0, 0.05) is 29.1 Å². The number of halogens is 1. The first kappa shape index (κ1) is 19.2. The van der Waals surface area contributed by atoms with Gasteiger partial charge in [0.2, 0.25) is 5.75 Å². The molecule has 2 aromatic carbocycles. The second kappa shape index (κ2) is 7.96. The summed E-state index contributed by atoms with van der Waals surface area (Å²) in [5, 5.41) is 6.48. The molecule has 2 amide bonds. The summed E-state index contributed by atoms with van der Waals surface area (Å²) < 4.78 is 15.9. The van der Waals surface area contributed by atoms with Crippen LogP contribution in [0.5, 0.6) is 17.2 Å². The SMILES string of the molecule is COc1cc(NC(=O)NCC2(c3ccc(Cl)cc3)CC2)cc(OC)c1OC. The molecule has 0 spiro atoms. The van der Waals surface area contributed by atoms with Crippen molar-refractivity contribution in [3.8, 4) is 17.2 Å². The fourth-order valence-corrected chi connectivity index (χ4v) is 3.23. The standard InChI is InChI=1S/C20H23ClN2O4/c1-25-16-10-15(11-17(26-2)18(16)27-3)23-19(24)22-12-20(8-9-20)13-4-6-14(21)7-5-13/h4-7,10-11H,8-9,12H2,1-3H3,(H2,22,23,24). The van der Waals surface area contributed by atoms with Crippen LogP contribution >= 0.6 is 11.6 Å². The number of rotatable bonds is 7. The predicted octanol–water partition coefficient (Wildman–Crippen LogP) is 4.22. The number of hydrogen-bond donors (Lipinski definition) is 2. The quantitative estimate of drug-likeness (QED) is 0.742. The third-order valence-electron chi connectivity index (χ3n) is 4.82. The molecule has 2 aromatic rings. The molecule has 6 nitrogen and oxygen atoms in total. The lowest BCUT2D eigenvalue weighted by atomic mass is 9.96. The number of methoxy groups -OCH3 is 3. The zero-order valence-electron chi connectivity index (χ0n) is 15.6. The summed E-state index contributed by atoms with van der Waals surface area (Å²) in [6.45, 7) is 0.560. The van der Waals surface area contributed by atoms with Gasteiger partial charge in [0.25, 0.3) is 0 Å². The predicted molar refractivity (Wildman–Crippen MR) is 105 cm³/mol. The lowest BCUT2D eigenvalue weighted by Crippen LogP contribution is -2.35. The fourth-order valence-electron chi connectivity index (χ4n) is 3.10. The molecule has 7 heteroatoms. The monoisotopic (exact) mass is 390 g/mol. The van der Waals surface area contributed by atoms with Crippen LogP contribution < -0.4 is 24.8 Å². The highest BCUT2D eigenvalue weighted by atomic mass is 35.5. The van der Waals surface area contributed by atoms with Crippen LogP contribution in [-0.4, -0.2) is 33.9 Å². The Morgan fingerprint density at radius 3 is 2.11 bits per heavy atom. The van der Waals surface area contributed by atoms with Crippen LogP contribution in [0.1, 0.15) is 18.4 Å². The van der Waals surface area contributed by atoms with Gasteiger partial charge in [-0.1, -0.05) is 23.7 Å². The van der Waals surface area contributed by atoms with E-state index in [1.807, 2.05) is 24.3 Å². The Labute approximate surface area is 163 Å². The molecule has 0 radical (unpaired) electrons. The third kappa shape index (κ3) is 4.22. The van der Waals surface area contributed by atoms with E-state index in [4.69, 9.17) is 25.8 Å². The molecule has 0 aliphatic heterocycles. The van der Waals surface area contributed by atoms with E-state index in [0.29, 0.717) is 34.5 Å². The first-order chi connectivity index (χ1) is 13.0. The minimum Gasteiger partial charge on any atom is -0.493 e. The Morgan fingerprint density at radius 1 is 1.04 bits per heavy atom. The molecule has 0 heterocycles. The molecule has 1 saturated carbocycles. The van der Waals surface area contributed by atoms with Crippen molar-refractivity contribution in [3.05, 3.63) is 47.0 Å². The topological polar surface area (TPSA) is 68.8 Å². The molecular weight excluding hydrogens is 368 g/mol. The minimum absolute atomic E-state index is 0.00276. The molecule has 2 N–H and O–H groups in total. The van der Waals surface area contributed by atoms with Gasteiger partial charge in [-0.05, 0) is 30.5 Å². The lowest BCUT2D eigenvalue weighted by molar-refractivity contribution is 0.251. The largest absolute Gasteiger partial charge is 0.493 e. The first-order valence-electron chi connectivity index (χ1n) is 8.62. The van der Waals surface area contributed by atoms with E-state index in [9.17, 15) is 4.79 Å². The number of anilines is 1. The van der Waals surface area contributed by atoms with Crippen molar-refractivity contribution in [2.75, 3.05) is 33.2 Å². The highest BCUT2D eigenvalue weighted by molar-refractivity contribution is 6.30. The number of hydrogen-bond acceptors (Lipinski definition) is 4. The number of urea groups is 1. The lowest BCUT2D eigenvalue weighted by Gasteiger charge is -2.18. The van der Waals surface area contributed by atoms with E-state index in [1.54, 1.807) is 12.1 Å². The van der Waals surface area contributed by atoms with E-state index < -0.39 is 0 Å². The summed E-state index contributed by atoms with van der Waals surface area (Å²) in [7, 11) is 4.60. The van der Waals surface area contributed by atoms with E-state index in [1.165, 1.54) is 26.9 Å². The van der Waals surface area contributed by atoms with Gasteiger partial charge in [0.05, 0.1) is 27.0 Å². The summed E-state index contributed by atoms with van der Waals surface area (Å²) >= 11 is 5.96. The van der Waals surface area contributed by atoms with Crippen molar-refractivity contribution < 1.29 is 19.0 Å². The number of carbonyl (C=O) groups is 1. The highest BCUT2D eigenvalue weighted by Gasteiger charge is 2.44. The molecule has 0 bridgehead atoms. The summed E-state index contributed by atoms with van der Waals surface area (Å²) in [5.74, 6) is 1.43. The van der Waals surface area contributed by atoms with Crippen molar-refractivity contribution in [3.63, 3.8) is 0 Å². The maximum Gasteiger partial charge on any atom is 0.319 e. The minimum atomic E-state index is -0.287. The maximum atomic E-state index is 12.4. The van der Waals surface area contributed by atoms with Gasteiger partial charge in [-0.2, -0.15) is 0 Å². The van der Waals surface area contributed by atoms with E-state index in [2.05, 4.69) is 10.6 Å². The van der Waals surface area contributed by atoms with Crippen LogP contribution in [0.4, 0.5) is 10.5 Å². The van der Waals surface area contributed by atoms with Crippen LogP contribution in [0.25, 0.3) is 0 Å². The second-order valence-corrected chi connectivity index (χ2v) is 6.95. The average molecular weight is 391 g/mol. The third-order valence-corrected chi connectivity index (χ3v) is 5.07. The zero-order valence-corrected chi connectivity index (χ0v) is 16.4. The van der Waals surface area contributed by atoms with Crippen LogP contribution in [0, 0.1) is 0 Å². The summed E-state index contributed by atoms with van der Waals surface area (Å²) in [6.07, 6.45) is 2.08. The first-order valence-corrected chi connectivity index (χ1v) is 9.00. The molecule has 27 heavy (non-hydrogen) atoms. The number of carbonyl (C=O) groups excluding carboxylic acids is 1. The van der Waals surface area contributed by atoms with Gasteiger partial charge in [-0.25, -0.2) is 4.79 Å². The maximum absolute atomic E-state index is 12.4. The second-order valence-electron chi connectivity index (χ2n) is 6.51. The van der Waals surface area contributed by atoms with Gasteiger partial charge < -0.3 is 24.8 Å². The summed E-state index contributed by atoms with van der Waals surface area (Å²) in [6, 6.07) is 10.9. The van der Waals surface area contributed by atoms with Gasteiger partial charge in [0.15, 0.2) is 11.5 Å². The highest BCUT2D eigenvalue weighted by Crippen LogP contribution is 2.47. The Bertz CT molecular complexity index is 794. The van der Waals surface area contributed by atoms with Crippen molar-refractivity contribution >= 4 is 23.3 Å². The zero-order chi connectivity index (χ0) is 19.4. The van der Waals surface area contributed by atoms with Crippen LogP contribution in [0.3, 0.4) is 0 Å². The molecule has 1 aliphatic carbocycles. The number of nitrogens with one attached hydrogen (secondary N) is 2. The van der Waals surface area contributed by atoms with Gasteiger partial charge in [-0.3, -0.25) is 0 Å². The number of ether oxygens (including phenoxy) is 3. The molecule has 3 rings (SSSR count). The molecule has 0 aromatic heterocycles. The van der Waals surface area contributed by atoms with Crippen molar-refractivity contribution in [1.82, 2.24) is 5.32 Å². The molecule has 1 fully saturated rings. The fraction of sp³-hybridized carbons (Fsp3) is 0.350. The van der Waals surface area contributed by atoms with Crippen LogP contribution in [0.2, 0.25) is 5.02 Å².